The van der Waals surface area contributed by atoms with Crippen LogP contribution in [0, 0.1) is 0 Å². The van der Waals surface area contributed by atoms with Crippen LogP contribution < -0.4 is 5.73 Å². The summed E-state index contributed by atoms with van der Waals surface area (Å²) in [4.78, 5) is 13.5. The molecule has 0 bridgehead atoms. The van der Waals surface area contributed by atoms with Gasteiger partial charge in [0, 0.05) is 19.2 Å². The van der Waals surface area contributed by atoms with Gasteiger partial charge in [-0.05, 0) is 32.6 Å². The maximum Gasteiger partial charge on any atom is 0.239 e. The van der Waals surface area contributed by atoms with E-state index >= 15 is 0 Å². The lowest BCUT2D eigenvalue weighted by Crippen LogP contribution is -2.50. The first kappa shape index (κ1) is 11.5. The summed E-state index contributed by atoms with van der Waals surface area (Å²) < 4.78 is 0. The second kappa shape index (κ2) is 5.32. The van der Waals surface area contributed by atoms with Crippen molar-refractivity contribution in [2.75, 3.05) is 13.2 Å². The molecule has 1 rings (SSSR count). The normalized spacial score (nSPS) is 18.8. The molecule has 1 fully saturated rings. The standard InChI is InChI=1S/C10H20N2O2/c1-8(11)10(14)12(6-3-7-13)9-4-2-5-9/h8-9,13H,2-7,11H2,1H3. The van der Waals surface area contributed by atoms with Crippen LogP contribution in [0.4, 0.5) is 0 Å². The van der Waals surface area contributed by atoms with Crippen LogP contribution in [-0.4, -0.2) is 41.1 Å². The highest BCUT2D eigenvalue weighted by Gasteiger charge is 2.29. The molecular formula is C10H20N2O2. The van der Waals surface area contributed by atoms with Crippen molar-refractivity contribution in [3.8, 4) is 0 Å². The lowest BCUT2D eigenvalue weighted by Gasteiger charge is -2.38. The number of carbonyl (C=O) groups is 1. The Balaban J connectivity index is 2.46. The number of aliphatic hydroxyl groups is 1. The van der Waals surface area contributed by atoms with Crippen LogP contribution in [0.1, 0.15) is 32.6 Å². The van der Waals surface area contributed by atoms with Crippen molar-refractivity contribution in [2.45, 2.75) is 44.7 Å². The van der Waals surface area contributed by atoms with Gasteiger partial charge in [0.25, 0.3) is 0 Å². The minimum absolute atomic E-state index is 0.0168. The first-order valence-electron chi connectivity index (χ1n) is 5.33. The maximum atomic E-state index is 11.7. The number of hydrogen-bond acceptors (Lipinski definition) is 3. The van der Waals surface area contributed by atoms with E-state index in [2.05, 4.69) is 0 Å². The fourth-order valence-corrected chi connectivity index (χ4v) is 1.67. The topological polar surface area (TPSA) is 66.6 Å². The Hall–Kier alpha value is -0.610. The van der Waals surface area contributed by atoms with Gasteiger partial charge in [0.15, 0.2) is 0 Å². The Morgan fingerprint density at radius 3 is 2.64 bits per heavy atom. The Morgan fingerprint density at radius 2 is 2.29 bits per heavy atom. The average Bonchev–Trinajstić information content (AvgIpc) is 2.07. The molecule has 0 radical (unpaired) electrons. The molecular weight excluding hydrogens is 180 g/mol. The quantitative estimate of drug-likeness (QED) is 0.661. The third-order valence-electron chi connectivity index (χ3n) is 2.75. The number of hydrogen-bond donors (Lipinski definition) is 2. The monoisotopic (exact) mass is 200 g/mol. The van der Waals surface area contributed by atoms with Crippen molar-refractivity contribution in [3.05, 3.63) is 0 Å². The smallest absolute Gasteiger partial charge is 0.239 e. The highest BCUT2D eigenvalue weighted by atomic mass is 16.3. The predicted molar refractivity (Wildman–Crippen MR) is 54.7 cm³/mol. The van der Waals surface area contributed by atoms with E-state index < -0.39 is 6.04 Å². The van der Waals surface area contributed by atoms with Gasteiger partial charge in [0.05, 0.1) is 6.04 Å². The second-order valence-electron chi connectivity index (χ2n) is 3.98. The van der Waals surface area contributed by atoms with Crippen molar-refractivity contribution in [1.29, 1.82) is 0 Å². The van der Waals surface area contributed by atoms with Gasteiger partial charge in [0.1, 0.15) is 0 Å². The molecule has 1 unspecified atom stereocenters. The van der Waals surface area contributed by atoms with Crippen LogP contribution >= 0.6 is 0 Å². The number of amides is 1. The number of carbonyl (C=O) groups excluding carboxylic acids is 1. The molecule has 3 N–H and O–H groups in total. The van der Waals surface area contributed by atoms with Crippen LogP contribution in [-0.2, 0) is 4.79 Å². The van der Waals surface area contributed by atoms with Gasteiger partial charge in [-0.15, -0.1) is 0 Å². The number of nitrogens with two attached hydrogens (primary N) is 1. The molecule has 4 nitrogen and oxygen atoms in total. The van der Waals surface area contributed by atoms with Crippen molar-refractivity contribution in [2.24, 2.45) is 5.73 Å². The van der Waals surface area contributed by atoms with Gasteiger partial charge in [-0.25, -0.2) is 0 Å². The van der Waals surface area contributed by atoms with Crippen LogP contribution in [0.3, 0.4) is 0 Å². The molecule has 0 aromatic rings. The summed E-state index contributed by atoms with van der Waals surface area (Å²) in [7, 11) is 0. The highest BCUT2D eigenvalue weighted by Crippen LogP contribution is 2.25. The van der Waals surface area contributed by atoms with E-state index in [1.165, 1.54) is 6.42 Å². The van der Waals surface area contributed by atoms with Gasteiger partial charge in [0.2, 0.25) is 5.91 Å². The zero-order chi connectivity index (χ0) is 10.6. The van der Waals surface area contributed by atoms with Crippen LogP contribution in [0.15, 0.2) is 0 Å². The van der Waals surface area contributed by atoms with Crippen molar-refractivity contribution in [1.82, 2.24) is 4.90 Å². The van der Waals surface area contributed by atoms with E-state index in [0.29, 0.717) is 19.0 Å². The maximum absolute atomic E-state index is 11.7. The van der Waals surface area contributed by atoms with Crippen LogP contribution in [0.25, 0.3) is 0 Å². The SMILES string of the molecule is CC(N)C(=O)N(CCCO)C1CCC1. The lowest BCUT2D eigenvalue weighted by atomic mass is 9.91. The highest BCUT2D eigenvalue weighted by molar-refractivity contribution is 5.81. The molecule has 1 amide bonds. The van der Waals surface area contributed by atoms with Crippen molar-refractivity contribution in [3.63, 3.8) is 0 Å². The number of nitrogens with zero attached hydrogens (tertiary/aromatic N) is 1. The van der Waals surface area contributed by atoms with Crippen molar-refractivity contribution >= 4 is 5.91 Å². The van der Waals surface area contributed by atoms with E-state index in [0.717, 1.165) is 12.8 Å². The zero-order valence-electron chi connectivity index (χ0n) is 8.78. The van der Waals surface area contributed by atoms with Gasteiger partial charge >= 0.3 is 0 Å². The minimum atomic E-state index is -0.422. The summed E-state index contributed by atoms with van der Waals surface area (Å²) in [5.74, 6) is 0.0168. The Kier molecular flexibility index (Phi) is 4.35. The Bertz CT molecular complexity index is 191. The molecule has 0 saturated heterocycles. The molecule has 0 aromatic heterocycles. The first-order chi connectivity index (χ1) is 6.66. The molecule has 0 aromatic carbocycles. The van der Waals surface area contributed by atoms with E-state index in [1.54, 1.807) is 6.92 Å². The van der Waals surface area contributed by atoms with E-state index in [1.807, 2.05) is 4.90 Å². The van der Waals surface area contributed by atoms with Gasteiger partial charge in [-0.1, -0.05) is 0 Å². The van der Waals surface area contributed by atoms with Gasteiger partial charge < -0.3 is 15.7 Å². The molecule has 4 heteroatoms. The summed E-state index contributed by atoms with van der Waals surface area (Å²) in [5, 5.41) is 8.74. The van der Waals surface area contributed by atoms with Gasteiger partial charge in [-0.2, -0.15) is 0 Å². The number of rotatable bonds is 5. The molecule has 1 atom stereocenters. The molecule has 1 saturated carbocycles. The van der Waals surface area contributed by atoms with Crippen LogP contribution in [0.5, 0.6) is 0 Å². The molecule has 0 heterocycles. The summed E-state index contributed by atoms with van der Waals surface area (Å²) >= 11 is 0. The molecule has 0 spiro atoms. The zero-order valence-corrected chi connectivity index (χ0v) is 8.78. The Labute approximate surface area is 85.1 Å². The molecule has 0 aliphatic heterocycles. The summed E-state index contributed by atoms with van der Waals surface area (Å²) in [6.07, 6.45) is 4.02. The molecule has 14 heavy (non-hydrogen) atoms. The lowest BCUT2D eigenvalue weighted by molar-refractivity contribution is -0.136. The Morgan fingerprint density at radius 1 is 1.64 bits per heavy atom. The van der Waals surface area contributed by atoms with Crippen molar-refractivity contribution < 1.29 is 9.90 Å². The summed E-state index contributed by atoms with van der Waals surface area (Å²) in [6, 6.07) is -0.0469. The van der Waals surface area contributed by atoms with E-state index in [9.17, 15) is 4.79 Å². The van der Waals surface area contributed by atoms with E-state index in [4.69, 9.17) is 10.8 Å². The summed E-state index contributed by atoms with van der Waals surface area (Å²) in [6.45, 7) is 2.49. The van der Waals surface area contributed by atoms with E-state index in [-0.39, 0.29) is 12.5 Å². The molecule has 1 aliphatic carbocycles. The largest absolute Gasteiger partial charge is 0.396 e. The predicted octanol–water partition coefficient (Wildman–Crippen LogP) is 0.0971. The average molecular weight is 200 g/mol. The number of aliphatic hydroxyl groups excluding tert-OH is 1. The first-order valence-corrected chi connectivity index (χ1v) is 5.33. The van der Waals surface area contributed by atoms with Crippen LogP contribution in [0.2, 0.25) is 0 Å². The fourth-order valence-electron chi connectivity index (χ4n) is 1.67. The minimum Gasteiger partial charge on any atom is -0.396 e. The third kappa shape index (κ3) is 2.69. The third-order valence-corrected chi connectivity index (χ3v) is 2.75. The molecule has 1 aliphatic rings. The second-order valence-corrected chi connectivity index (χ2v) is 3.98. The summed E-state index contributed by atoms with van der Waals surface area (Å²) in [5.41, 5.74) is 5.57. The van der Waals surface area contributed by atoms with Gasteiger partial charge in [-0.3, -0.25) is 4.79 Å². The molecule has 82 valence electrons. The fraction of sp³-hybridized carbons (Fsp3) is 0.900.